The number of carbonyl (C=O) groups excluding carboxylic acids is 1. The van der Waals surface area contributed by atoms with Crippen LogP contribution in [0, 0.1) is 0 Å². The van der Waals surface area contributed by atoms with Crippen molar-refractivity contribution < 1.29 is 9.53 Å². The number of rotatable bonds is 4. The summed E-state index contributed by atoms with van der Waals surface area (Å²) < 4.78 is 5.32. The number of benzene rings is 2. The van der Waals surface area contributed by atoms with E-state index in [0.717, 1.165) is 23.4 Å². The fourth-order valence-corrected chi connectivity index (χ4v) is 3.28. The molecule has 3 rings (SSSR count). The van der Waals surface area contributed by atoms with Gasteiger partial charge in [0.05, 0.1) is 12.7 Å². The number of anilines is 1. The number of methoxy groups -OCH3 is 1. The van der Waals surface area contributed by atoms with Crippen molar-refractivity contribution in [1.29, 1.82) is 0 Å². The minimum absolute atomic E-state index is 0.0682. The van der Waals surface area contributed by atoms with Gasteiger partial charge in [-0.3, -0.25) is 4.79 Å². The Hall–Kier alpha value is -2.75. The first-order chi connectivity index (χ1) is 11.9. The maximum Gasteiger partial charge on any atom is 0.191 e. The van der Waals surface area contributed by atoms with Gasteiger partial charge < -0.3 is 15.4 Å². The van der Waals surface area contributed by atoms with Gasteiger partial charge in [-0.05, 0) is 50.1 Å². The molecule has 1 aliphatic heterocycles. The highest BCUT2D eigenvalue weighted by Gasteiger charge is 2.28. The lowest BCUT2D eigenvalue weighted by molar-refractivity contribution is 0.104. The highest BCUT2D eigenvalue weighted by atomic mass is 16.5. The van der Waals surface area contributed by atoms with Crippen LogP contribution in [0.1, 0.15) is 35.3 Å². The summed E-state index contributed by atoms with van der Waals surface area (Å²) >= 11 is 0. The molecule has 25 heavy (non-hydrogen) atoms. The average Bonchev–Trinajstić information content (AvgIpc) is 2.60. The second-order valence-corrected chi connectivity index (χ2v) is 6.93. The quantitative estimate of drug-likeness (QED) is 0.657. The van der Waals surface area contributed by atoms with E-state index in [4.69, 9.17) is 4.74 Å². The third-order valence-corrected chi connectivity index (χ3v) is 4.44. The van der Waals surface area contributed by atoms with Gasteiger partial charge in [0.15, 0.2) is 5.78 Å². The topological polar surface area (TPSA) is 50.4 Å². The SMILES string of the molecule is CNc1ccc2c(c1)CC(C)(C)N/C2=C\C(=O)c1ccccc1OC. The Morgan fingerprint density at radius 1 is 1.24 bits per heavy atom. The van der Waals surface area contributed by atoms with Gasteiger partial charge in [-0.1, -0.05) is 18.2 Å². The largest absolute Gasteiger partial charge is 0.496 e. The predicted molar refractivity (Wildman–Crippen MR) is 102 cm³/mol. The van der Waals surface area contributed by atoms with Gasteiger partial charge in [-0.15, -0.1) is 0 Å². The molecule has 0 amide bonds. The Kier molecular flexibility index (Phi) is 4.53. The van der Waals surface area contributed by atoms with Crippen LogP contribution in [0.2, 0.25) is 0 Å². The lowest BCUT2D eigenvalue weighted by Crippen LogP contribution is -2.43. The Morgan fingerprint density at radius 3 is 2.72 bits per heavy atom. The zero-order chi connectivity index (χ0) is 18.0. The van der Waals surface area contributed by atoms with Crippen molar-refractivity contribution in [3.05, 3.63) is 65.2 Å². The van der Waals surface area contributed by atoms with Crippen molar-refractivity contribution >= 4 is 17.2 Å². The minimum Gasteiger partial charge on any atom is -0.496 e. The Morgan fingerprint density at radius 2 is 2.00 bits per heavy atom. The molecule has 2 aromatic carbocycles. The molecule has 0 saturated heterocycles. The van der Waals surface area contributed by atoms with Gasteiger partial charge in [0.2, 0.25) is 0 Å². The molecular weight excluding hydrogens is 312 g/mol. The molecule has 2 N–H and O–H groups in total. The van der Waals surface area contributed by atoms with E-state index in [0.29, 0.717) is 11.3 Å². The van der Waals surface area contributed by atoms with Gasteiger partial charge in [0, 0.05) is 35.6 Å². The summed E-state index contributed by atoms with van der Waals surface area (Å²) in [5, 5.41) is 6.68. The van der Waals surface area contributed by atoms with Crippen molar-refractivity contribution in [2.75, 3.05) is 19.5 Å². The van der Waals surface area contributed by atoms with Crippen LogP contribution in [0.15, 0.2) is 48.5 Å². The first kappa shape index (κ1) is 17.1. The van der Waals surface area contributed by atoms with Crippen molar-refractivity contribution in [3.63, 3.8) is 0 Å². The molecule has 0 spiro atoms. The van der Waals surface area contributed by atoms with Crippen LogP contribution in [-0.4, -0.2) is 25.5 Å². The van der Waals surface area contributed by atoms with E-state index in [1.807, 2.05) is 25.2 Å². The van der Waals surface area contributed by atoms with Crippen molar-refractivity contribution in [2.45, 2.75) is 25.8 Å². The van der Waals surface area contributed by atoms with Gasteiger partial charge in [0.25, 0.3) is 0 Å². The number of carbonyl (C=O) groups is 1. The summed E-state index contributed by atoms with van der Waals surface area (Å²) in [5.74, 6) is 0.520. The Balaban J connectivity index is 2.04. The van der Waals surface area contributed by atoms with Gasteiger partial charge in [0.1, 0.15) is 5.75 Å². The minimum atomic E-state index is -0.119. The maximum absolute atomic E-state index is 12.8. The second kappa shape index (κ2) is 6.63. The van der Waals surface area contributed by atoms with Crippen LogP contribution in [0.5, 0.6) is 5.75 Å². The highest BCUT2D eigenvalue weighted by molar-refractivity contribution is 6.10. The number of ketones is 1. The first-order valence-corrected chi connectivity index (χ1v) is 8.42. The van der Waals surface area contributed by atoms with E-state index in [2.05, 4.69) is 36.6 Å². The molecule has 0 radical (unpaired) electrons. The van der Waals surface area contributed by atoms with E-state index in [9.17, 15) is 4.79 Å². The zero-order valence-corrected chi connectivity index (χ0v) is 15.1. The summed E-state index contributed by atoms with van der Waals surface area (Å²) in [7, 11) is 3.49. The van der Waals surface area contributed by atoms with Crippen molar-refractivity contribution in [1.82, 2.24) is 5.32 Å². The smallest absolute Gasteiger partial charge is 0.191 e. The summed E-state index contributed by atoms with van der Waals surface area (Å²) in [6.07, 6.45) is 2.58. The summed E-state index contributed by atoms with van der Waals surface area (Å²) in [6, 6.07) is 13.5. The van der Waals surface area contributed by atoms with Crippen LogP contribution in [-0.2, 0) is 6.42 Å². The molecule has 0 unspecified atom stereocenters. The van der Waals surface area contributed by atoms with Gasteiger partial charge in [-0.2, -0.15) is 0 Å². The molecule has 4 heteroatoms. The predicted octanol–water partition coefficient (Wildman–Crippen LogP) is 3.89. The molecule has 0 bridgehead atoms. The average molecular weight is 336 g/mol. The Bertz CT molecular complexity index is 838. The molecule has 1 heterocycles. The van der Waals surface area contributed by atoms with Crippen LogP contribution < -0.4 is 15.4 Å². The van der Waals surface area contributed by atoms with Gasteiger partial charge >= 0.3 is 0 Å². The number of allylic oxidation sites excluding steroid dienone is 1. The number of para-hydroxylation sites is 1. The van der Waals surface area contributed by atoms with E-state index < -0.39 is 0 Å². The number of fused-ring (bicyclic) bond motifs is 1. The first-order valence-electron chi connectivity index (χ1n) is 8.42. The Labute approximate surface area is 148 Å². The molecule has 0 aromatic heterocycles. The number of hydrogen-bond donors (Lipinski definition) is 2. The van der Waals surface area contributed by atoms with Crippen LogP contribution in [0.4, 0.5) is 5.69 Å². The summed E-state index contributed by atoms with van der Waals surface area (Å²) in [4.78, 5) is 12.8. The fourth-order valence-electron chi connectivity index (χ4n) is 3.28. The second-order valence-electron chi connectivity index (χ2n) is 6.93. The number of nitrogens with one attached hydrogen (secondary N) is 2. The number of hydrogen-bond acceptors (Lipinski definition) is 4. The van der Waals surface area contributed by atoms with E-state index >= 15 is 0 Å². The molecular formula is C21H24N2O2. The summed E-state index contributed by atoms with van der Waals surface area (Å²) in [6.45, 7) is 4.28. The third kappa shape index (κ3) is 3.53. The van der Waals surface area contributed by atoms with Gasteiger partial charge in [-0.25, -0.2) is 0 Å². The monoisotopic (exact) mass is 336 g/mol. The molecule has 0 saturated carbocycles. The molecule has 130 valence electrons. The van der Waals surface area contributed by atoms with E-state index in [-0.39, 0.29) is 11.3 Å². The van der Waals surface area contributed by atoms with E-state index in [1.54, 1.807) is 25.3 Å². The molecule has 0 fully saturated rings. The lowest BCUT2D eigenvalue weighted by Gasteiger charge is -2.36. The van der Waals surface area contributed by atoms with Crippen LogP contribution >= 0.6 is 0 Å². The van der Waals surface area contributed by atoms with Crippen molar-refractivity contribution in [2.24, 2.45) is 0 Å². The maximum atomic E-state index is 12.8. The van der Waals surface area contributed by atoms with E-state index in [1.165, 1.54) is 5.56 Å². The fraction of sp³-hybridized carbons (Fsp3) is 0.286. The molecule has 0 atom stereocenters. The third-order valence-electron chi connectivity index (χ3n) is 4.44. The molecule has 4 nitrogen and oxygen atoms in total. The lowest BCUT2D eigenvalue weighted by atomic mass is 9.85. The normalized spacial score (nSPS) is 16.7. The molecule has 2 aromatic rings. The van der Waals surface area contributed by atoms with Crippen LogP contribution in [0.3, 0.4) is 0 Å². The standard InChI is InChI=1S/C21H24N2O2/c1-21(2)13-14-11-15(22-3)9-10-16(14)18(23-21)12-19(24)17-7-5-6-8-20(17)25-4/h5-12,22-23H,13H2,1-4H3/b18-12-. The molecule has 1 aliphatic rings. The zero-order valence-electron chi connectivity index (χ0n) is 15.1. The summed E-state index contributed by atoms with van der Waals surface area (Å²) in [5.41, 5.74) is 4.68. The van der Waals surface area contributed by atoms with Crippen LogP contribution in [0.25, 0.3) is 5.70 Å². The number of ether oxygens (including phenoxy) is 1. The molecule has 0 aliphatic carbocycles. The highest BCUT2D eigenvalue weighted by Crippen LogP contribution is 2.32. The van der Waals surface area contributed by atoms with Crippen molar-refractivity contribution in [3.8, 4) is 5.75 Å².